The average molecular weight is 477 g/mol. The number of ether oxygens (including phenoxy) is 1. The number of rotatable bonds is 6. The molecular weight excluding hydrogens is 449 g/mol. The summed E-state index contributed by atoms with van der Waals surface area (Å²) < 4.78 is 12.8. The molecule has 0 aromatic heterocycles. The van der Waals surface area contributed by atoms with E-state index in [1.54, 1.807) is 23.0 Å². The first-order chi connectivity index (χ1) is 16.3. The number of carbonyl (C=O) groups is 3. The highest BCUT2D eigenvalue weighted by molar-refractivity contribution is 7.00. The highest BCUT2D eigenvalue weighted by Gasteiger charge is 2.28. The normalized spacial score (nSPS) is 10.1. The zero-order chi connectivity index (χ0) is 25.3. The van der Waals surface area contributed by atoms with Gasteiger partial charge in [0.2, 0.25) is 0 Å². The molecule has 1 amide bonds. The zero-order valence-electron chi connectivity index (χ0n) is 19.7. The van der Waals surface area contributed by atoms with Gasteiger partial charge < -0.3 is 10.1 Å². The Bertz CT molecular complexity index is 1120. The second kappa shape index (κ2) is 12.6. The van der Waals surface area contributed by atoms with Crippen LogP contribution in [0.15, 0.2) is 66.7 Å². The van der Waals surface area contributed by atoms with Crippen molar-refractivity contribution in [1.82, 2.24) is 0 Å². The van der Waals surface area contributed by atoms with Gasteiger partial charge in [-0.25, -0.2) is 4.79 Å². The summed E-state index contributed by atoms with van der Waals surface area (Å²) in [5.74, 6) is -2.37. The van der Waals surface area contributed by atoms with Crippen molar-refractivity contribution in [3.05, 3.63) is 100 Å². The quantitative estimate of drug-likeness (QED) is 0.216. The predicted octanol–water partition coefficient (Wildman–Crippen LogP) is 5.60. The summed E-state index contributed by atoms with van der Waals surface area (Å²) >= 11 is 0. The third-order valence-corrected chi connectivity index (χ3v) is 5.45. The Labute approximate surface area is 202 Å². The van der Waals surface area contributed by atoms with Crippen LogP contribution in [0.2, 0.25) is 0 Å². The summed E-state index contributed by atoms with van der Waals surface area (Å²) in [5, 5.41) is 2.64. The molecule has 0 atom stereocenters. The monoisotopic (exact) mass is 477 g/mol. The lowest BCUT2D eigenvalue weighted by Gasteiger charge is -2.22. The number of benzene rings is 3. The van der Waals surface area contributed by atoms with Crippen molar-refractivity contribution in [3.63, 3.8) is 0 Å². The molecule has 0 bridgehead atoms. The SMILES string of the molecule is CCOC(=O)C(=O)Nc1c(C)cc(C)c(C(=O)C(c2ccccc2)c2ccccc2)c1C.O=P. The first-order valence-electron chi connectivity index (χ1n) is 10.8. The molecular formula is C27H28NO5P. The highest BCUT2D eigenvalue weighted by atomic mass is 31.0. The number of anilines is 1. The first kappa shape index (κ1) is 26.6. The molecule has 176 valence electrons. The number of carbonyl (C=O) groups excluding carboxylic acids is 3. The number of hydrogen-bond donors (Lipinski definition) is 1. The van der Waals surface area contributed by atoms with Gasteiger partial charge in [-0.05, 0) is 55.5 Å². The Morgan fingerprint density at radius 2 is 1.35 bits per heavy atom. The van der Waals surface area contributed by atoms with Crippen molar-refractivity contribution in [3.8, 4) is 0 Å². The topological polar surface area (TPSA) is 89.5 Å². The van der Waals surface area contributed by atoms with Crippen LogP contribution in [0.3, 0.4) is 0 Å². The Morgan fingerprint density at radius 1 is 0.853 bits per heavy atom. The van der Waals surface area contributed by atoms with Gasteiger partial charge in [-0.2, -0.15) is 0 Å². The van der Waals surface area contributed by atoms with Crippen molar-refractivity contribution in [2.24, 2.45) is 0 Å². The van der Waals surface area contributed by atoms with Crippen LogP contribution in [0.5, 0.6) is 0 Å². The summed E-state index contributed by atoms with van der Waals surface area (Å²) in [6.07, 6.45) is 0. The van der Waals surface area contributed by atoms with E-state index < -0.39 is 17.8 Å². The molecule has 0 fully saturated rings. The van der Waals surface area contributed by atoms with E-state index >= 15 is 0 Å². The molecule has 0 aliphatic carbocycles. The van der Waals surface area contributed by atoms with Crippen molar-refractivity contribution >= 4 is 32.5 Å². The number of hydrogen-bond acceptors (Lipinski definition) is 5. The molecule has 7 heteroatoms. The van der Waals surface area contributed by atoms with E-state index in [4.69, 9.17) is 9.30 Å². The Morgan fingerprint density at radius 3 is 1.82 bits per heavy atom. The molecule has 0 heterocycles. The van der Waals surface area contributed by atoms with Gasteiger partial charge in [0, 0.05) is 11.3 Å². The van der Waals surface area contributed by atoms with Crippen LogP contribution in [-0.4, -0.2) is 24.3 Å². The molecule has 0 aliphatic heterocycles. The van der Waals surface area contributed by atoms with Crippen LogP contribution >= 0.6 is 9.12 Å². The van der Waals surface area contributed by atoms with Crippen molar-refractivity contribution in [1.29, 1.82) is 0 Å². The summed E-state index contributed by atoms with van der Waals surface area (Å²) in [5.41, 5.74) is 4.98. The molecule has 0 unspecified atom stereocenters. The Hall–Kier alpha value is -3.63. The Kier molecular flexibility index (Phi) is 9.84. The van der Waals surface area contributed by atoms with Crippen molar-refractivity contribution < 1.29 is 23.7 Å². The number of aryl methyl sites for hydroxylation is 2. The van der Waals surface area contributed by atoms with Crippen molar-refractivity contribution in [2.75, 3.05) is 11.9 Å². The van der Waals surface area contributed by atoms with Gasteiger partial charge in [-0.1, -0.05) is 66.7 Å². The van der Waals surface area contributed by atoms with E-state index in [1.807, 2.05) is 80.6 Å². The number of Topliss-reactive ketones (excluding diaryl/α,β-unsaturated/α-hetero) is 1. The maximum Gasteiger partial charge on any atom is 0.397 e. The summed E-state index contributed by atoms with van der Waals surface area (Å²) in [4.78, 5) is 38.1. The summed E-state index contributed by atoms with van der Waals surface area (Å²) in [6, 6.07) is 21.1. The lowest BCUT2D eigenvalue weighted by molar-refractivity contribution is -0.152. The van der Waals surface area contributed by atoms with E-state index in [-0.39, 0.29) is 12.4 Å². The minimum atomic E-state index is -0.953. The second-order valence-electron chi connectivity index (χ2n) is 7.68. The number of esters is 1. The largest absolute Gasteiger partial charge is 0.459 e. The third kappa shape index (κ3) is 6.03. The second-order valence-corrected chi connectivity index (χ2v) is 7.68. The highest BCUT2D eigenvalue weighted by Crippen LogP contribution is 2.34. The summed E-state index contributed by atoms with van der Waals surface area (Å²) in [6.45, 7) is 7.26. The zero-order valence-corrected chi connectivity index (χ0v) is 20.7. The van der Waals surface area contributed by atoms with Crippen molar-refractivity contribution in [2.45, 2.75) is 33.6 Å². The molecule has 3 aromatic rings. The molecule has 0 radical (unpaired) electrons. The van der Waals surface area contributed by atoms with Crippen LogP contribution < -0.4 is 5.32 Å². The van der Waals surface area contributed by atoms with E-state index in [1.165, 1.54) is 0 Å². The van der Waals surface area contributed by atoms with Gasteiger partial charge >= 0.3 is 11.9 Å². The number of amides is 1. The maximum absolute atomic E-state index is 14.0. The molecule has 0 saturated heterocycles. The molecule has 3 rings (SSSR count). The standard InChI is InChI=1S/C27H27NO4.HOP/c1-5-32-27(31)26(30)28-24-18(3)16-17(2)22(19(24)4)25(29)23(20-12-8-6-9-13-20)21-14-10-7-11-15-21;1-2/h6-16,23H,5H2,1-4H3,(H,28,30);2H. The fourth-order valence-electron chi connectivity index (χ4n) is 4.05. The van der Waals surface area contributed by atoms with Gasteiger partial charge in [-0.15, -0.1) is 0 Å². The van der Waals surface area contributed by atoms with Gasteiger partial charge in [0.05, 0.1) is 12.5 Å². The van der Waals surface area contributed by atoms with Gasteiger partial charge in [0.1, 0.15) is 9.12 Å². The third-order valence-electron chi connectivity index (χ3n) is 5.45. The predicted molar refractivity (Wildman–Crippen MR) is 134 cm³/mol. The van der Waals surface area contributed by atoms with Crippen LogP contribution in [-0.2, 0) is 18.9 Å². The van der Waals surface area contributed by atoms with Gasteiger partial charge in [-0.3, -0.25) is 14.2 Å². The van der Waals surface area contributed by atoms with Gasteiger partial charge in [0.15, 0.2) is 5.78 Å². The fraction of sp³-hybridized carbons (Fsp3) is 0.222. The molecule has 34 heavy (non-hydrogen) atoms. The van der Waals surface area contributed by atoms with E-state index in [9.17, 15) is 14.4 Å². The van der Waals surface area contributed by atoms with E-state index in [0.29, 0.717) is 16.8 Å². The molecule has 3 aromatic carbocycles. The molecule has 0 saturated carbocycles. The van der Waals surface area contributed by atoms with Crippen LogP contribution in [0.1, 0.15) is 51.0 Å². The first-order valence-corrected chi connectivity index (χ1v) is 11.2. The number of ketones is 1. The van der Waals surface area contributed by atoms with Crippen LogP contribution in [0, 0.1) is 20.8 Å². The smallest absolute Gasteiger partial charge is 0.397 e. The molecule has 1 N–H and O–H groups in total. The molecule has 0 spiro atoms. The van der Waals surface area contributed by atoms with E-state index in [2.05, 4.69) is 5.32 Å². The average Bonchev–Trinajstić information content (AvgIpc) is 2.84. The summed E-state index contributed by atoms with van der Waals surface area (Å²) in [7, 11) is 1.72. The van der Waals surface area contributed by atoms with Gasteiger partial charge in [0.25, 0.3) is 0 Å². The molecule has 6 nitrogen and oxygen atoms in total. The minimum absolute atomic E-state index is 0.0657. The number of nitrogens with one attached hydrogen (secondary N) is 1. The molecule has 0 aliphatic rings. The maximum atomic E-state index is 14.0. The van der Waals surface area contributed by atoms with Crippen LogP contribution in [0.4, 0.5) is 5.69 Å². The fourth-order valence-corrected chi connectivity index (χ4v) is 4.05. The van der Waals surface area contributed by atoms with E-state index in [0.717, 1.165) is 22.3 Å². The lowest BCUT2D eigenvalue weighted by atomic mass is 9.81. The minimum Gasteiger partial charge on any atom is -0.459 e. The Balaban J connectivity index is 0.00000199. The lowest BCUT2D eigenvalue weighted by Crippen LogP contribution is -2.26. The van der Waals surface area contributed by atoms with Crippen LogP contribution in [0.25, 0.3) is 0 Å².